The maximum atomic E-state index is 12.6. The predicted molar refractivity (Wildman–Crippen MR) is 109 cm³/mol. The predicted octanol–water partition coefficient (Wildman–Crippen LogP) is 5.10. The van der Waals surface area contributed by atoms with Gasteiger partial charge in [0.15, 0.2) is 5.13 Å². The van der Waals surface area contributed by atoms with E-state index in [-0.39, 0.29) is 11.8 Å². The third kappa shape index (κ3) is 3.22. The number of nitrogens with one attached hydrogen (secondary N) is 1. The monoisotopic (exact) mass is 371 g/mol. The number of nitrogens with zero attached hydrogens (tertiary/aromatic N) is 2. The molecule has 0 saturated heterocycles. The Balaban J connectivity index is 1.33. The number of pyridine rings is 1. The number of benzene rings is 2. The molecule has 27 heavy (non-hydrogen) atoms. The summed E-state index contributed by atoms with van der Waals surface area (Å²) < 4.78 is 1.06. The maximum absolute atomic E-state index is 12.6. The van der Waals surface area contributed by atoms with E-state index in [9.17, 15) is 4.79 Å². The van der Waals surface area contributed by atoms with Crippen LogP contribution in [0.15, 0.2) is 73.1 Å². The van der Waals surface area contributed by atoms with E-state index >= 15 is 0 Å². The van der Waals surface area contributed by atoms with Gasteiger partial charge in [-0.25, -0.2) is 4.98 Å². The van der Waals surface area contributed by atoms with Crippen LogP contribution in [0, 0.1) is 5.92 Å². The van der Waals surface area contributed by atoms with E-state index < -0.39 is 0 Å². The summed E-state index contributed by atoms with van der Waals surface area (Å²) in [5.74, 6) is 0.447. The zero-order valence-corrected chi connectivity index (χ0v) is 15.3. The van der Waals surface area contributed by atoms with Gasteiger partial charge in [-0.2, -0.15) is 0 Å². The first-order valence-corrected chi connectivity index (χ1v) is 9.76. The highest BCUT2D eigenvalue weighted by atomic mass is 32.1. The minimum absolute atomic E-state index is 0.0480. The third-order valence-corrected chi connectivity index (χ3v) is 5.92. The summed E-state index contributed by atoms with van der Waals surface area (Å²) in [4.78, 5) is 21.2. The second-order valence-electron chi connectivity index (χ2n) is 6.79. The van der Waals surface area contributed by atoms with Crippen LogP contribution in [0.2, 0.25) is 0 Å². The van der Waals surface area contributed by atoms with E-state index in [1.807, 2.05) is 36.4 Å². The van der Waals surface area contributed by atoms with Crippen LogP contribution in [0.3, 0.4) is 0 Å². The number of aromatic nitrogens is 2. The summed E-state index contributed by atoms with van der Waals surface area (Å²) in [6, 6.07) is 20.4. The Morgan fingerprint density at radius 1 is 1.00 bits per heavy atom. The average Bonchev–Trinajstić information content (AvgIpc) is 3.43. The number of anilines is 1. The molecule has 1 N–H and O–H groups in total. The summed E-state index contributed by atoms with van der Waals surface area (Å²) >= 11 is 1.52. The molecule has 4 aromatic rings. The van der Waals surface area contributed by atoms with Crippen molar-refractivity contribution in [3.05, 3.63) is 78.6 Å². The number of hydrogen-bond acceptors (Lipinski definition) is 4. The molecule has 4 nitrogen and oxygen atoms in total. The van der Waals surface area contributed by atoms with E-state index in [2.05, 4.69) is 39.6 Å². The van der Waals surface area contributed by atoms with E-state index in [4.69, 9.17) is 0 Å². The Kier molecular flexibility index (Phi) is 3.94. The van der Waals surface area contributed by atoms with Gasteiger partial charge in [0, 0.05) is 18.3 Å². The molecule has 1 saturated carbocycles. The van der Waals surface area contributed by atoms with Crippen LogP contribution in [0.25, 0.3) is 21.3 Å². The van der Waals surface area contributed by atoms with Gasteiger partial charge in [-0.15, -0.1) is 0 Å². The summed E-state index contributed by atoms with van der Waals surface area (Å²) in [7, 11) is 0. The van der Waals surface area contributed by atoms with Gasteiger partial charge in [-0.3, -0.25) is 9.78 Å². The van der Waals surface area contributed by atoms with E-state index in [0.717, 1.165) is 27.8 Å². The highest BCUT2D eigenvalue weighted by molar-refractivity contribution is 7.22. The lowest BCUT2D eigenvalue weighted by molar-refractivity contribution is -0.117. The Morgan fingerprint density at radius 2 is 1.81 bits per heavy atom. The van der Waals surface area contributed by atoms with Crippen LogP contribution in [0.5, 0.6) is 0 Å². The zero-order valence-electron chi connectivity index (χ0n) is 14.5. The van der Waals surface area contributed by atoms with Gasteiger partial charge in [0.05, 0.1) is 10.2 Å². The molecule has 2 heterocycles. The minimum atomic E-state index is 0.0480. The number of carbonyl (C=O) groups excluding carboxylic acids is 1. The Hall–Kier alpha value is -3.05. The molecule has 0 unspecified atom stereocenters. The molecule has 2 atom stereocenters. The third-order valence-electron chi connectivity index (χ3n) is 4.99. The lowest BCUT2D eigenvalue weighted by Gasteiger charge is -2.01. The van der Waals surface area contributed by atoms with Gasteiger partial charge in [-0.05, 0) is 53.3 Å². The average molecular weight is 371 g/mol. The van der Waals surface area contributed by atoms with Crippen LogP contribution in [-0.2, 0) is 4.79 Å². The van der Waals surface area contributed by atoms with Crippen molar-refractivity contribution in [3.63, 3.8) is 0 Å². The molecule has 0 radical (unpaired) electrons. The summed E-state index contributed by atoms with van der Waals surface area (Å²) in [5, 5.41) is 3.68. The van der Waals surface area contributed by atoms with Crippen molar-refractivity contribution < 1.29 is 4.79 Å². The molecule has 1 fully saturated rings. The maximum Gasteiger partial charge on any atom is 0.229 e. The van der Waals surface area contributed by atoms with Crippen LogP contribution in [0.4, 0.5) is 5.13 Å². The normalized spacial score (nSPS) is 18.4. The number of amides is 1. The van der Waals surface area contributed by atoms with Crippen molar-refractivity contribution in [3.8, 4) is 11.1 Å². The Morgan fingerprint density at radius 3 is 2.63 bits per heavy atom. The fourth-order valence-electron chi connectivity index (χ4n) is 3.45. The van der Waals surface area contributed by atoms with Crippen molar-refractivity contribution in [2.24, 2.45) is 5.92 Å². The SMILES string of the molecule is O=C(Nc1nc2ccc(-c3ccncc3)cc2s1)[C@H]1C[C@@H]1c1ccccc1. The first kappa shape index (κ1) is 16.1. The quantitative estimate of drug-likeness (QED) is 0.543. The smallest absolute Gasteiger partial charge is 0.229 e. The zero-order chi connectivity index (χ0) is 18.2. The van der Waals surface area contributed by atoms with Crippen molar-refractivity contribution in [1.82, 2.24) is 9.97 Å². The van der Waals surface area contributed by atoms with Crippen molar-refractivity contribution in [1.29, 1.82) is 0 Å². The summed E-state index contributed by atoms with van der Waals surface area (Å²) in [6.45, 7) is 0. The number of thiazole rings is 1. The molecular formula is C22H17N3OS. The van der Waals surface area contributed by atoms with Crippen molar-refractivity contribution >= 4 is 32.6 Å². The van der Waals surface area contributed by atoms with Crippen LogP contribution in [-0.4, -0.2) is 15.9 Å². The molecular weight excluding hydrogens is 354 g/mol. The van der Waals surface area contributed by atoms with Crippen molar-refractivity contribution in [2.45, 2.75) is 12.3 Å². The fraction of sp³-hybridized carbons (Fsp3) is 0.136. The van der Waals surface area contributed by atoms with Crippen molar-refractivity contribution in [2.75, 3.05) is 5.32 Å². The molecule has 5 rings (SSSR count). The van der Waals surface area contributed by atoms with Gasteiger partial charge in [0.2, 0.25) is 5.91 Å². The number of fused-ring (bicyclic) bond motifs is 1. The second kappa shape index (κ2) is 6.59. The Labute approximate surface area is 160 Å². The molecule has 132 valence electrons. The molecule has 2 aromatic heterocycles. The standard InChI is InChI=1S/C22H17N3OS/c26-21(18-13-17(18)15-4-2-1-3-5-15)25-22-24-19-7-6-16(12-20(19)27-22)14-8-10-23-11-9-14/h1-12,17-18H,13H2,(H,24,25,26)/t17-,18+/m1/s1. The van der Waals surface area contributed by atoms with Crippen LogP contribution < -0.4 is 5.32 Å². The van der Waals surface area contributed by atoms with Crippen LogP contribution in [0.1, 0.15) is 17.9 Å². The topological polar surface area (TPSA) is 54.9 Å². The fourth-order valence-corrected chi connectivity index (χ4v) is 4.36. The molecule has 0 bridgehead atoms. The number of carbonyl (C=O) groups is 1. The van der Waals surface area contributed by atoms with Gasteiger partial charge in [0.1, 0.15) is 0 Å². The molecule has 0 spiro atoms. The van der Waals surface area contributed by atoms with Gasteiger partial charge < -0.3 is 5.32 Å². The number of hydrogen-bond donors (Lipinski definition) is 1. The first-order chi connectivity index (χ1) is 13.3. The highest BCUT2D eigenvalue weighted by Crippen LogP contribution is 2.48. The van der Waals surface area contributed by atoms with E-state index in [0.29, 0.717) is 11.0 Å². The minimum Gasteiger partial charge on any atom is -0.302 e. The van der Waals surface area contributed by atoms with Gasteiger partial charge in [-0.1, -0.05) is 47.7 Å². The number of rotatable bonds is 4. The van der Waals surface area contributed by atoms with E-state index in [1.165, 1.54) is 16.9 Å². The second-order valence-corrected chi connectivity index (χ2v) is 7.82. The molecule has 1 aliphatic carbocycles. The summed E-state index contributed by atoms with van der Waals surface area (Å²) in [6.07, 6.45) is 4.49. The molecule has 1 amide bonds. The summed E-state index contributed by atoms with van der Waals surface area (Å²) in [5.41, 5.74) is 4.39. The molecule has 1 aliphatic rings. The van der Waals surface area contributed by atoms with Gasteiger partial charge in [0.25, 0.3) is 0 Å². The molecule has 0 aliphatic heterocycles. The first-order valence-electron chi connectivity index (χ1n) is 8.95. The highest BCUT2D eigenvalue weighted by Gasteiger charge is 2.44. The lowest BCUT2D eigenvalue weighted by atomic mass is 10.1. The molecule has 5 heteroatoms. The molecule has 2 aromatic carbocycles. The van der Waals surface area contributed by atoms with Crippen LogP contribution >= 0.6 is 11.3 Å². The van der Waals surface area contributed by atoms with Gasteiger partial charge >= 0.3 is 0 Å². The lowest BCUT2D eigenvalue weighted by Crippen LogP contribution is -2.14. The Bertz CT molecular complexity index is 1110. The van der Waals surface area contributed by atoms with E-state index in [1.54, 1.807) is 12.4 Å². The largest absolute Gasteiger partial charge is 0.302 e.